The van der Waals surface area contributed by atoms with Crippen molar-refractivity contribution < 1.29 is 18.1 Å². The average Bonchev–Trinajstić information content (AvgIpc) is 2.85. The van der Waals surface area contributed by atoms with Gasteiger partial charge in [0.25, 0.3) is 15.7 Å². The Labute approximate surface area is 113 Å². The van der Waals surface area contributed by atoms with Crippen LogP contribution in [-0.2, 0) is 10.0 Å². The van der Waals surface area contributed by atoms with E-state index in [1.807, 2.05) is 4.72 Å². The third kappa shape index (κ3) is 2.66. The van der Waals surface area contributed by atoms with E-state index in [2.05, 4.69) is 19.9 Å². The lowest BCUT2D eigenvalue weighted by Gasteiger charge is -2.05. The number of H-pyrrole nitrogens is 1. The zero-order chi connectivity index (χ0) is 14.8. The molecule has 0 spiro atoms. The second kappa shape index (κ2) is 5.13. The van der Waals surface area contributed by atoms with Gasteiger partial charge in [-0.25, -0.2) is 18.2 Å². The summed E-state index contributed by atoms with van der Waals surface area (Å²) in [6, 6.07) is 4.89. The first-order chi connectivity index (χ1) is 9.44. The topological polar surface area (TPSA) is 140 Å². The molecular formula is C9H9N5O5S. The highest BCUT2D eigenvalue weighted by atomic mass is 32.2. The highest BCUT2D eigenvalue weighted by Gasteiger charge is 2.26. The molecule has 0 saturated heterocycles. The van der Waals surface area contributed by atoms with Gasteiger partial charge in [0.15, 0.2) is 4.90 Å². The van der Waals surface area contributed by atoms with Crippen molar-refractivity contribution in [3.63, 3.8) is 0 Å². The molecule has 1 aromatic carbocycles. The summed E-state index contributed by atoms with van der Waals surface area (Å²) in [6.07, 6.45) is 0. The number of anilines is 1. The number of hydrogen-bond acceptors (Lipinski definition) is 7. The maximum absolute atomic E-state index is 12.1. The number of sulfonamides is 1. The van der Waals surface area contributed by atoms with Crippen molar-refractivity contribution in [2.75, 3.05) is 11.8 Å². The number of nitrogens with zero attached hydrogens (tertiary/aromatic N) is 3. The number of aromatic amines is 1. The first-order valence-corrected chi connectivity index (χ1v) is 6.65. The van der Waals surface area contributed by atoms with Crippen LogP contribution in [0.5, 0.6) is 6.01 Å². The highest BCUT2D eigenvalue weighted by Crippen LogP contribution is 2.24. The van der Waals surface area contributed by atoms with Crippen molar-refractivity contribution in [1.29, 1.82) is 0 Å². The Kier molecular flexibility index (Phi) is 3.52. The normalized spacial score (nSPS) is 11.1. The largest absolute Gasteiger partial charge is 0.466 e. The maximum atomic E-state index is 12.1. The van der Waals surface area contributed by atoms with Gasteiger partial charge in [0.05, 0.1) is 12.0 Å². The molecule has 0 bridgehead atoms. The van der Waals surface area contributed by atoms with E-state index in [0.717, 1.165) is 12.1 Å². The van der Waals surface area contributed by atoms with Crippen molar-refractivity contribution in [1.82, 2.24) is 15.2 Å². The van der Waals surface area contributed by atoms with Crippen LogP contribution >= 0.6 is 0 Å². The van der Waals surface area contributed by atoms with E-state index < -0.39 is 25.5 Å². The fourth-order valence-electron chi connectivity index (χ4n) is 1.40. The molecule has 2 aromatic rings. The van der Waals surface area contributed by atoms with Gasteiger partial charge in [-0.05, 0) is 6.07 Å². The second-order valence-corrected chi connectivity index (χ2v) is 5.15. The van der Waals surface area contributed by atoms with Crippen LogP contribution in [0.25, 0.3) is 0 Å². The number of para-hydroxylation sites is 1. The van der Waals surface area contributed by atoms with Gasteiger partial charge < -0.3 is 4.74 Å². The monoisotopic (exact) mass is 299 g/mol. The predicted molar refractivity (Wildman–Crippen MR) is 66.8 cm³/mol. The molecule has 1 heterocycles. The summed E-state index contributed by atoms with van der Waals surface area (Å²) < 4.78 is 30.9. The number of aromatic nitrogens is 3. The Hall–Kier alpha value is -2.69. The molecule has 0 atom stereocenters. The average molecular weight is 299 g/mol. The van der Waals surface area contributed by atoms with E-state index in [-0.39, 0.29) is 12.0 Å². The molecule has 0 aliphatic carbocycles. The fourth-order valence-corrected chi connectivity index (χ4v) is 2.53. The summed E-state index contributed by atoms with van der Waals surface area (Å²) in [5.74, 6) is -0.208. The van der Waals surface area contributed by atoms with Crippen LogP contribution in [0, 0.1) is 10.1 Å². The van der Waals surface area contributed by atoms with Crippen molar-refractivity contribution in [3.05, 3.63) is 34.4 Å². The second-order valence-electron chi connectivity index (χ2n) is 3.50. The summed E-state index contributed by atoms with van der Waals surface area (Å²) in [4.78, 5) is 13.2. The lowest BCUT2D eigenvalue weighted by molar-refractivity contribution is -0.387. The van der Waals surface area contributed by atoms with E-state index in [9.17, 15) is 18.5 Å². The molecule has 0 aliphatic rings. The maximum Gasteiger partial charge on any atom is 0.336 e. The van der Waals surface area contributed by atoms with Gasteiger partial charge in [0.2, 0.25) is 5.95 Å². The third-order valence-corrected chi connectivity index (χ3v) is 3.62. The lowest BCUT2D eigenvalue weighted by Crippen LogP contribution is -2.15. The zero-order valence-corrected chi connectivity index (χ0v) is 10.9. The zero-order valence-electron chi connectivity index (χ0n) is 10.1. The molecule has 0 amide bonds. The molecule has 0 saturated carbocycles. The predicted octanol–water partition coefficient (Wildman–Crippen LogP) is 0.522. The summed E-state index contributed by atoms with van der Waals surface area (Å²) in [5, 5.41) is 16.7. The van der Waals surface area contributed by atoms with Crippen LogP contribution in [0.2, 0.25) is 0 Å². The number of nitro groups is 1. The highest BCUT2D eigenvalue weighted by molar-refractivity contribution is 7.92. The molecule has 2 N–H and O–H groups in total. The molecule has 10 nitrogen and oxygen atoms in total. The standard InChI is InChI=1S/C9H9N5O5S/c1-19-9-10-8(11-12-9)13-20(17,18)7-5-3-2-4-6(7)14(15)16/h2-5H,1H3,(H2,10,11,12,13). The van der Waals surface area contributed by atoms with Crippen LogP contribution in [0.15, 0.2) is 29.2 Å². The minimum Gasteiger partial charge on any atom is -0.466 e. The third-order valence-electron chi connectivity index (χ3n) is 2.23. The van der Waals surface area contributed by atoms with E-state index >= 15 is 0 Å². The Balaban J connectivity index is 2.38. The van der Waals surface area contributed by atoms with Gasteiger partial charge in [-0.15, -0.1) is 5.10 Å². The molecule has 106 valence electrons. The Morgan fingerprint density at radius 1 is 1.40 bits per heavy atom. The molecule has 2 rings (SSSR count). The number of nitrogens with one attached hydrogen (secondary N) is 2. The van der Waals surface area contributed by atoms with Crippen molar-refractivity contribution in [2.24, 2.45) is 0 Å². The fraction of sp³-hybridized carbons (Fsp3) is 0.111. The lowest BCUT2D eigenvalue weighted by atomic mass is 10.3. The van der Waals surface area contributed by atoms with E-state index in [0.29, 0.717) is 0 Å². The molecule has 1 aromatic heterocycles. The molecule has 11 heteroatoms. The van der Waals surface area contributed by atoms with Crippen molar-refractivity contribution >= 4 is 21.7 Å². The minimum atomic E-state index is -4.16. The van der Waals surface area contributed by atoms with Crippen molar-refractivity contribution in [2.45, 2.75) is 4.90 Å². The van der Waals surface area contributed by atoms with Crippen molar-refractivity contribution in [3.8, 4) is 6.01 Å². The molecule has 0 fully saturated rings. The van der Waals surface area contributed by atoms with Crippen LogP contribution in [0.3, 0.4) is 0 Å². The van der Waals surface area contributed by atoms with Crippen LogP contribution < -0.4 is 9.46 Å². The summed E-state index contributed by atoms with van der Waals surface area (Å²) in [5.41, 5.74) is -0.536. The SMILES string of the molecule is COc1n[nH]c(NS(=O)(=O)c2ccccc2[N+](=O)[O-])n1. The number of rotatable bonds is 5. The van der Waals surface area contributed by atoms with Gasteiger partial charge in [-0.2, -0.15) is 4.98 Å². The van der Waals surface area contributed by atoms with E-state index in [4.69, 9.17) is 0 Å². The molecule has 20 heavy (non-hydrogen) atoms. The quantitative estimate of drug-likeness (QED) is 0.605. The molecule has 0 unspecified atom stereocenters. The first kappa shape index (κ1) is 13.7. The van der Waals surface area contributed by atoms with Gasteiger partial charge in [0.1, 0.15) is 0 Å². The Bertz CT molecular complexity index is 741. The summed E-state index contributed by atoms with van der Waals surface area (Å²) in [7, 11) is -2.86. The van der Waals surface area contributed by atoms with Gasteiger partial charge in [-0.3, -0.25) is 10.1 Å². The summed E-state index contributed by atoms with van der Waals surface area (Å²) >= 11 is 0. The minimum absolute atomic E-state index is 0.0646. The Morgan fingerprint density at radius 2 is 2.10 bits per heavy atom. The van der Waals surface area contributed by atoms with Gasteiger partial charge in [0, 0.05) is 6.07 Å². The number of ether oxygens (including phenoxy) is 1. The molecule has 0 radical (unpaired) electrons. The van der Waals surface area contributed by atoms with Crippen LogP contribution in [0.4, 0.5) is 11.6 Å². The van der Waals surface area contributed by atoms with Gasteiger partial charge >= 0.3 is 6.01 Å². The van der Waals surface area contributed by atoms with Crippen LogP contribution in [-0.4, -0.2) is 35.6 Å². The summed E-state index contributed by atoms with van der Waals surface area (Å²) in [6.45, 7) is 0. The first-order valence-electron chi connectivity index (χ1n) is 5.16. The van der Waals surface area contributed by atoms with Crippen LogP contribution in [0.1, 0.15) is 0 Å². The van der Waals surface area contributed by atoms with E-state index in [1.54, 1.807) is 0 Å². The molecule has 0 aliphatic heterocycles. The number of nitro benzene ring substituents is 1. The number of benzene rings is 1. The molecular weight excluding hydrogens is 290 g/mol. The smallest absolute Gasteiger partial charge is 0.336 e. The van der Waals surface area contributed by atoms with Gasteiger partial charge in [-0.1, -0.05) is 12.1 Å². The number of hydrogen-bond donors (Lipinski definition) is 2. The van der Waals surface area contributed by atoms with E-state index in [1.165, 1.54) is 19.2 Å². The number of methoxy groups -OCH3 is 1. The Morgan fingerprint density at radius 3 is 2.70 bits per heavy atom.